The summed E-state index contributed by atoms with van der Waals surface area (Å²) in [5, 5.41) is 6.71. The zero-order valence-electron chi connectivity index (χ0n) is 9.76. The lowest BCUT2D eigenvalue weighted by Gasteiger charge is -2.09. The summed E-state index contributed by atoms with van der Waals surface area (Å²) in [6, 6.07) is 1.76. The Bertz CT molecular complexity index is 396. The molecule has 2 N–H and O–H groups in total. The van der Waals surface area contributed by atoms with Crippen LogP contribution in [0.1, 0.15) is 20.3 Å². The highest BCUT2D eigenvalue weighted by Crippen LogP contribution is 2.22. The zero-order valence-corrected chi connectivity index (χ0v) is 11.3. The van der Waals surface area contributed by atoms with Gasteiger partial charge in [0.15, 0.2) is 0 Å². The summed E-state index contributed by atoms with van der Waals surface area (Å²) >= 11 is 11.6. The lowest BCUT2D eigenvalue weighted by Crippen LogP contribution is -2.31. The van der Waals surface area contributed by atoms with Crippen LogP contribution in [0.25, 0.3) is 0 Å². The molecule has 6 heteroatoms. The minimum atomic E-state index is -0.00224. The summed E-state index contributed by atoms with van der Waals surface area (Å²) in [7, 11) is 0. The van der Waals surface area contributed by atoms with Crippen molar-refractivity contribution in [2.45, 2.75) is 26.3 Å². The van der Waals surface area contributed by atoms with E-state index in [0.717, 1.165) is 0 Å². The summed E-state index contributed by atoms with van der Waals surface area (Å²) in [6.07, 6.45) is 1.88. The van der Waals surface area contributed by atoms with Crippen LogP contribution in [-0.4, -0.2) is 23.5 Å². The summed E-state index contributed by atoms with van der Waals surface area (Å²) in [4.78, 5) is 15.4. The second-order valence-corrected chi connectivity index (χ2v) is 4.73. The van der Waals surface area contributed by atoms with Gasteiger partial charge in [-0.2, -0.15) is 0 Å². The predicted octanol–water partition coefficient (Wildman–Crippen LogP) is 2.71. The van der Waals surface area contributed by atoms with Gasteiger partial charge in [0.1, 0.15) is 5.82 Å². The zero-order chi connectivity index (χ0) is 12.8. The molecule has 1 aromatic heterocycles. The highest BCUT2D eigenvalue weighted by atomic mass is 35.5. The first-order valence-corrected chi connectivity index (χ1v) is 6.09. The molecule has 0 aliphatic heterocycles. The number of aromatic nitrogens is 1. The minimum Gasteiger partial charge on any atom is -0.368 e. The smallest absolute Gasteiger partial charge is 0.221 e. The highest BCUT2D eigenvalue weighted by Gasteiger charge is 2.05. The molecule has 0 aliphatic rings. The van der Waals surface area contributed by atoms with E-state index in [-0.39, 0.29) is 11.9 Å². The second-order valence-electron chi connectivity index (χ2n) is 3.88. The third kappa shape index (κ3) is 5.24. The number of rotatable bonds is 5. The van der Waals surface area contributed by atoms with Crippen molar-refractivity contribution in [3.63, 3.8) is 0 Å². The lowest BCUT2D eigenvalue weighted by atomic mass is 10.3. The van der Waals surface area contributed by atoms with Crippen LogP contribution in [0.5, 0.6) is 0 Å². The van der Waals surface area contributed by atoms with E-state index in [2.05, 4.69) is 15.6 Å². The molecule has 0 saturated heterocycles. The standard InChI is InChI=1S/C11H15Cl2N3O/c1-7(2)16-10(17)3-4-14-11-9(13)5-8(12)6-15-11/h5-7H,3-4H2,1-2H3,(H,14,15)(H,16,17). The summed E-state index contributed by atoms with van der Waals surface area (Å²) < 4.78 is 0. The summed E-state index contributed by atoms with van der Waals surface area (Å²) in [5.41, 5.74) is 0. The predicted molar refractivity (Wildman–Crippen MR) is 70.6 cm³/mol. The van der Waals surface area contributed by atoms with Crippen LogP contribution in [0.15, 0.2) is 12.3 Å². The first-order chi connectivity index (χ1) is 7.99. The van der Waals surface area contributed by atoms with Crippen molar-refractivity contribution in [3.05, 3.63) is 22.3 Å². The fourth-order valence-corrected chi connectivity index (χ4v) is 1.68. The van der Waals surface area contributed by atoms with Gasteiger partial charge in [-0.3, -0.25) is 4.79 Å². The number of nitrogens with one attached hydrogen (secondary N) is 2. The van der Waals surface area contributed by atoms with Crippen molar-refractivity contribution in [2.24, 2.45) is 0 Å². The number of halogens is 2. The molecule has 1 aromatic rings. The SMILES string of the molecule is CC(C)NC(=O)CCNc1ncc(Cl)cc1Cl. The van der Waals surface area contributed by atoms with E-state index in [1.165, 1.54) is 6.20 Å². The molecule has 1 heterocycles. The first kappa shape index (κ1) is 14.1. The number of amides is 1. The number of carbonyl (C=O) groups excluding carboxylic acids is 1. The van der Waals surface area contributed by atoms with Gasteiger partial charge in [-0.15, -0.1) is 0 Å². The third-order valence-corrected chi connectivity index (χ3v) is 2.40. The molecular weight excluding hydrogens is 261 g/mol. The molecule has 4 nitrogen and oxygen atoms in total. The Morgan fingerprint density at radius 2 is 2.18 bits per heavy atom. The Morgan fingerprint density at radius 3 is 2.76 bits per heavy atom. The van der Waals surface area contributed by atoms with Crippen molar-refractivity contribution >= 4 is 34.9 Å². The molecule has 0 atom stereocenters. The molecule has 94 valence electrons. The number of hydrogen-bond acceptors (Lipinski definition) is 3. The molecule has 0 spiro atoms. The van der Waals surface area contributed by atoms with Gasteiger partial charge in [0, 0.05) is 25.2 Å². The monoisotopic (exact) mass is 275 g/mol. The van der Waals surface area contributed by atoms with E-state index in [1.807, 2.05) is 13.8 Å². The Balaban J connectivity index is 2.38. The van der Waals surface area contributed by atoms with E-state index in [1.54, 1.807) is 6.07 Å². The maximum Gasteiger partial charge on any atom is 0.221 e. The molecule has 1 rings (SSSR count). The fraction of sp³-hybridized carbons (Fsp3) is 0.455. The van der Waals surface area contributed by atoms with Crippen LogP contribution in [0.4, 0.5) is 5.82 Å². The normalized spacial score (nSPS) is 10.4. The molecule has 1 amide bonds. The molecule has 0 saturated carbocycles. The van der Waals surface area contributed by atoms with E-state index >= 15 is 0 Å². The van der Waals surface area contributed by atoms with Crippen molar-refractivity contribution < 1.29 is 4.79 Å². The van der Waals surface area contributed by atoms with Gasteiger partial charge in [-0.1, -0.05) is 23.2 Å². The van der Waals surface area contributed by atoms with E-state index in [4.69, 9.17) is 23.2 Å². The number of anilines is 1. The van der Waals surface area contributed by atoms with Crippen molar-refractivity contribution in [1.82, 2.24) is 10.3 Å². The molecule has 0 unspecified atom stereocenters. The van der Waals surface area contributed by atoms with Crippen LogP contribution in [0.3, 0.4) is 0 Å². The first-order valence-electron chi connectivity index (χ1n) is 5.33. The highest BCUT2D eigenvalue weighted by molar-refractivity contribution is 6.35. The number of carbonyl (C=O) groups is 1. The van der Waals surface area contributed by atoms with Gasteiger partial charge >= 0.3 is 0 Å². The molecule has 0 radical (unpaired) electrons. The molecule has 0 bridgehead atoms. The van der Waals surface area contributed by atoms with Gasteiger partial charge in [-0.05, 0) is 19.9 Å². The largest absolute Gasteiger partial charge is 0.368 e. The lowest BCUT2D eigenvalue weighted by molar-refractivity contribution is -0.121. The molecular formula is C11H15Cl2N3O. The Morgan fingerprint density at radius 1 is 1.47 bits per heavy atom. The minimum absolute atomic E-state index is 0.00224. The maximum atomic E-state index is 11.4. The van der Waals surface area contributed by atoms with Crippen LogP contribution < -0.4 is 10.6 Å². The van der Waals surface area contributed by atoms with Crippen LogP contribution in [0, 0.1) is 0 Å². The van der Waals surface area contributed by atoms with E-state index < -0.39 is 0 Å². The van der Waals surface area contributed by atoms with Gasteiger partial charge < -0.3 is 10.6 Å². The van der Waals surface area contributed by atoms with Gasteiger partial charge in [-0.25, -0.2) is 4.98 Å². The molecule has 0 fully saturated rings. The van der Waals surface area contributed by atoms with Crippen molar-refractivity contribution in [1.29, 1.82) is 0 Å². The van der Waals surface area contributed by atoms with Crippen LogP contribution in [0.2, 0.25) is 10.0 Å². The average molecular weight is 276 g/mol. The van der Waals surface area contributed by atoms with Gasteiger partial charge in [0.2, 0.25) is 5.91 Å². The number of pyridine rings is 1. The number of nitrogens with zero attached hydrogens (tertiary/aromatic N) is 1. The summed E-state index contributed by atoms with van der Waals surface area (Å²) in [6.45, 7) is 4.32. The van der Waals surface area contributed by atoms with Gasteiger partial charge in [0.25, 0.3) is 0 Å². The third-order valence-electron chi connectivity index (χ3n) is 1.90. The maximum absolute atomic E-state index is 11.4. The second kappa shape index (κ2) is 6.67. The molecule has 0 aromatic carbocycles. The average Bonchev–Trinajstić information content (AvgIpc) is 2.20. The van der Waals surface area contributed by atoms with Crippen LogP contribution >= 0.6 is 23.2 Å². The molecule has 17 heavy (non-hydrogen) atoms. The fourth-order valence-electron chi connectivity index (χ4n) is 1.23. The van der Waals surface area contributed by atoms with E-state index in [0.29, 0.717) is 28.8 Å². The van der Waals surface area contributed by atoms with E-state index in [9.17, 15) is 4.79 Å². The Labute approximate surface area is 111 Å². The number of hydrogen-bond donors (Lipinski definition) is 2. The van der Waals surface area contributed by atoms with Gasteiger partial charge in [0.05, 0.1) is 10.0 Å². The Kier molecular flexibility index (Phi) is 5.51. The summed E-state index contributed by atoms with van der Waals surface area (Å²) in [5.74, 6) is 0.533. The quantitative estimate of drug-likeness (QED) is 0.869. The van der Waals surface area contributed by atoms with Crippen LogP contribution in [-0.2, 0) is 4.79 Å². The van der Waals surface area contributed by atoms with Crippen molar-refractivity contribution in [3.8, 4) is 0 Å². The van der Waals surface area contributed by atoms with Crippen molar-refractivity contribution in [2.75, 3.05) is 11.9 Å². The molecule has 0 aliphatic carbocycles. The Hall–Kier alpha value is -1.000. The topological polar surface area (TPSA) is 54.0 Å².